The molecule has 128 valence electrons. The summed E-state index contributed by atoms with van der Waals surface area (Å²) >= 11 is 0. The summed E-state index contributed by atoms with van der Waals surface area (Å²) in [6.45, 7) is 1.62. The summed E-state index contributed by atoms with van der Waals surface area (Å²) in [7, 11) is 0. The second-order valence-electron chi connectivity index (χ2n) is 5.15. The van der Waals surface area contributed by atoms with Crippen molar-refractivity contribution in [3.05, 3.63) is 41.8 Å². The SMILES string of the molecule is Cc1oc(-c2ccccc2)nc1CC(=O)NC(CC(F)F)C(=O)O. The minimum absolute atomic E-state index is 0.255. The number of oxazole rings is 1. The van der Waals surface area contributed by atoms with Crippen LogP contribution in [0.4, 0.5) is 8.78 Å². The molecule has 1 heterocycles. The Hall–Kier alpha value is -2.77. The van der Waals surface area contributed by atoms with Gasteiger partial charge in [-0.05, 0) is 19.1 Å². The predicted octanol–water partition coefficient (Wildman–Crippen LogP) is 2.42. The average Bonchev–Trinajstić information content (AvgIpc) is 2.88. The van der Waals surface area contributed by atoms with Crippen molar-refractivity contribution in [2.45, 2.75) is 32.2 Å². The summed E-state index contributed by atoms with van der Waals surface area (Å²) in [6.07, 6.45) is -4.03. The van der Waals surface area contributed by atoms with Crippen molar-refractivity contribution >= 4 is 11.9 Å². The number of carboxylic acid groups (broad SMARTS) is 1. The Balaban J connectivity index is 2.06. The Bertz CT molecular complexity index is 716. The zero-order chi connectivity index (χ0) is 17.7. The lowest BCUT2D eigenvalue weighted by atomic mass is 10.2. The molecule has 1 atom stereocenters. The molecular weight excluding hydrogens is 322 g/mol. The number of alkyl halides is 2. The molecule has 1 aromatic heterocycles. The monoisotopic (exact) mass is 338 g/mol. The molecule has 2 rings (SSSR count). The Morgan fingerprint density at radius 3 is 2.54 bits per heavy atom. The molecule has 1 aromatic carbocycles. The summed E-state index contributed by atoms with van der Waals surface area (Å²) in [5.41, 5.74) is 1.06. The van der Waals surface area contributed by atoms with Gasteiger partial charge in [0, 0.05) is 12.0 Å². The van der Waals surface area contributed by atoms with Crippen molar-refractivity contribution in [3.63, 3.8) is 0 Å². The van der Waals surface area contributed by atoms with Gasteiger partial charge in [0.2, 0.25) is 18.2 Å². The average molecular weight is 338 g/mol. The molecule has 8 heteroatoms. The Labute approximate surface area is 136 Å². The highest BCUT2D eigenvalue weighted by atomic mass is 19.3. The topological polar surface area (TPSA) is 92.4 Å². The summed E-state index contributed by atoms with van der Waals surface area (Å²) in [5, 5.41) is 10.9. The lowest BCUT2D eigenvalue weighted by Crippen LogP contribution is -2.42. The Morgan fingerprint density at radius 1 is 1.29 bits per heavy atom. The third-order valence-corrected chi connectivity index (χ3v) is 3.29. The van der Waals surface area contributed by atoms with Gasteiger partial charge in [-0.1, -0.05) is 18.2 Å². The molecule has 24 heavy (non-hydrogen) atoms. The molecule has 0 aliphatic heterocycles. The first-order valence-corrected chi connectivity index (χ1v) is 7.19. The zero-order valence-corrected chi connectivity index (χ0v) is 12.8. The number of carbonyl (C=O) groups is 2. The van der Waals surface area contributed by atoms with E-state index >= 15 is 0 Å². The number of carbonyl (C=O) groups excluding carboxylic acids is 1. The largest absolute Gasteiger partial charge is 0.480 e. The molecule has 0 radical (unpaired) electrons. The van der Waals surface area contributed by atoms with Crippen LogP contribution in [0.3, 0.4) is 0 Å². The summed E-state index contributed by atoms with van der Waals surface area (Å²) < 4.78 is 30.2. The predicted molar refractivity (Wildman–Crippen MR) is 80.6 cm³/mol. The lowest BCUT2D eigenvalue weighted by Gasteiger charge is -2.13. The third kappa shape index (κ3) is 4.61. The fraction of sp³-hybridized carbons (Fsp3) is 0.312. The highest BCUT2D eigenvalue weighted by Gasteiger charge is 2.25. The summed E-state index contributed by atoms with van der Waals surface area (Å²) in [5.74, 6) is -1.48. The zero-order valence-electron chi connectivity index (χ0n) is 12.8. The molecule has 0 aliphatic rings. The first-order valence-electron chi connectivity index (χ1n) is 7.19. The fourth-order valence-corrected chi connectivity index (χ4v) is 2.09. The first kappa shape index (κ1) is 17.6. The van der Waals surface area contributed by atoms with Gasteiger partial charge in [-0.2, -0.15) is 0 Å². The van der Waals surface area contributed by atoms with Crippen LogP contribution in [0.1, 0.15) is 17.9 Å². The van der Waals surface area contributed by atoms with Crippen LogP contribution in [0.25, 0.3) is 11.5 Å². The Morgan fingerprint density at radius 2 is 1.96 bits per heavy atom. The van der Waals surface area contributed by atoms with E-state index in [0.717, 1.165) is 5.56 Å². The van der Waals surface area contributed by atoms with Crippen LogP contribution in [0.5, 0.6) is 0 Å². The standard InChI is InChI=1S/C16H16F2N2O4/c1-9-11(20-15(24-9)10-5-3-2-4-6-10)8-14(21)19-12(16(22)23)7-13(17)18/h2-6,12-13H,7-8H2,1H3,(H,19,21)(H,22,23). The van der Waals surface area contributed by atoms with Gasteiger partial charge >= 0.3 is 5.97 Å². The molecule has 0 saturated heterocycles. The number of carboxylic acids is 1. The number of aromatic nitrogens is 1. The summed E-state index contributed by atoms with van der Waals surface area (Å²) in [4.78, 5) is 27.0. The number of rotatable bonds is 7. The molecule has 0 spiro atoms. The van der Waals surface area contributed by atoms with Crippen molar-refractivity contribution in [1.29, 1.82) is 0 Å². The van der Waals surface area contributed by atoms with Crippen LogP contribution < -0.4 is 5.32 Å². The molecule has 0 bridgehead atoms. The Kier molecular flexibility index (Phi) is 5.62. The van der Waals surface area contributed by atoms with Gasteiger partial charge < -0.3 is 14.8 Å². The molecule has 0 fully saturated rings. The molecule has 0 aliphatic carbocycles. The van der Waals surface area contributed by atoms with E-state index < -0.39 is 30.8 Å². The van der Waals surface area contributed by atoms with E-state index in [9.17, 15) is 18.4 Å². The first-order chi connectivity index (χ1) is 11.4. The van der Waals surface area contributed by atoms with Gasteiger partial charge in [-0.3, -0.25) is 4.79 Å². The normalized spacial score (nSPS) is 12.2. The highest BCUT2D eigenvalue weighted by Crippen LogP contribution is 2.21. The number of hydrogen-bond donors (Lipinski definition) is 2. The highest BCUT2D eigenvalue weighted by molar-refractivity contribution is 5.84. The number of nitrogens with one attached hydrogen (secondary N) is 1. The van der Waals surface area contributed by atoms with Crippen LogP contribution in [0.2, 0.25) is 0 Å². The van der Waals surface area contributed by atoms with E-state index in [2.05, 4.69) is 10.3 Å². The maximum atomic E-state index is 12.3. The van der Waals surface area contributed by atoms with Crippen molar-refractivity contribution in [2.75, 3.05) is 0 Å². The second-order valence-corrected chi connectivity index (χ2v) is 5.15. The number of aryl methyl sites for hydroxylation is 1. The van der Waals surface area contributed by atoms with Gasteiger partial charge in [0.25, 0.3) is 0 Å². The van der Waals surface area contributed by atoms with Crippen LogP contribution >= 0.6 is 0 Å². The number of amides is 1. The third-order valence-electron chi connectivity index (χ3n) is 3.29. The number of nitrogens with zero attached hydrogens (tertiary/aromatic N) is 1. The molecule has 1 amide bonds. The second kappa shape index (κ2) is 7.67. The van der Waals surface area contributed by atoms with Crippen LogP contribution in [-0.4, -0.2) is 34.4 Å². The molecule has 0 saturated carbocycles. The van der Waals surface area contributed by atoms with E-state index in [1.165, 1.54) is 0 Å². The number of hydrogen-bond acceptors (Lipinski definition) is 4. The van der Waals surface area contributed by atoms with Gasteiger partial charge in [-0.15, -0.1) is 0 Å². The minimum Gasteiger partial charge on any atom is -0.480 e. The van der Waals surface area contributed by atoms with Gasteiger partial charge in [0.05, 0.1) is 12.1 Å². The number of halogens is 2. The molecule has 6 nitrogen and oxygen atoms in total. The fourth-order valence-electron chi connectivity index (χ4n) is 2.09. The molecule has 2 aromatic rings. The van der Waals surface area contributed by atoms with Crippen molar-refractivity contribution in [3.8, 4) is 11.5 Å². The van der Waals surface area contributed by atoms with Gasteiger partial charge in [-0.25, -0.2) is 18.6 Å². The lowest BCUT2D eigenvalue weighted by molar-refractivity contribution is -0.142. The van der Waals surface area contributed by atoms with Crippen molar-refractivity contribution in [2.24, 2.45) is 0 Å². The van der Waals surface area contributed by atoms with E-state index in [1.807, 2.05) is 18.2 Å². The van der Waals surface area contributed by atoms with E-state index in [1.54, 1.807) is 19.1 Å². The maximum Gasteiger partial charge on any atom is 0.326 e. The van der Waals surface area contributed by atoms with Crippen molar-refractivity contribution in [1.82, 2.24) is 10.3 Å². The van der Waals surface area contributed by atoms with Crippen molar-refractivity contribution < 1.29 is 27.9 Å². The van der Waals surface area contributed by atoms with E-state index in [0.29, 0.717) is 17.3 Å². The maximum absolute atomic E-state index is 12.3. The van der Waals surface area contributed by atoms with Gasteiger partial charge in [0.15, 0.2) is 0 Å². The molecule has 2 N–H and O–H groups in total. The van der Waals surface area contributed by atoms with Crippen LogP contribution in [0, 0.1) is 6.92 Å². The van der Waals surface area contributed by atoms with Crippen LogP contribution in [-0.2, 0) is 16.0 Å². The minimum atomic E-state index is -2.83. The van der Waals surface area contributed by atoms with E-state index in [4.69, 9.17) is 9.52 Å². The molecule has 1 unspecified atom stereocenters. The molecular formula is C16H16F2N2O4. The van der Waals surface area contributed by atoms with Gasteiger partial charge in [0.1, 0.15) is 11.8 Å². The number of aliphatic carboxylic acids is 1. The number of benzene rings is 1. The summed E-state index contributed by atoms with van der Waals surface area (Å²) in [6, 6.07) is 7.39. The van der Waals surface area contributed by atoms with E-state index in [-0.39, 0.29) is 6.42 Å². The smallest absolute Gasteiger partial charge is 0.326 e. The van der Waals surface area contributed by atoms with Crippen LogP contribution in [0.15, 0.2) is 34.7 Å². The quantitative estimate of drug-likeness (QED) is 0.809.